The highest BCUT2D eigenvalue weighted by molar-refractivity contribution is 5.67. The first-order valence-corrected chi connectivity index (χ1v) is 6.73. The van der Waals surface area contributed by atoms with E-state index in [-0.39, 0.29) is 5.41 Å². The van der Waals surface area contributed by atoms with E-state index in [1.165, 1.54) is 0 Å². The Kier molecular flexibility index (Phi) is 3.81. The average Bonchev–Trinajstić information content (AvgIpc) is 2.37. The Hall–Kier alpha value is -2.61. The highest BCUT2D eigenvalue weighted by Gasteiger charge is 2.19. The Labute approximate surface area is 124 Å². The van der Waals surface area contributed by atoms with Gasteiger partial charge >= 0.3 is 0 Å². The van der Waals surface area contributed by atoms with Gasteiger partial charge in [0, 0.05) is 11.5 Å². The van der Waals surface area contributed by atoms with Crippen molar-refractivity contribution in [3.05, 3.63) is 41.2 Å². The summed E-state index contributed by atoms with van der Waals surface area (Å²) in [6, 6.07) is 9.52. The second kappa shape index (κ2) is 5.41. The zero-order valence-corrected chi connectivity index (χ0v) is 12.7. The first kappa shape index (κ1) is 14.8. The maximum Gasteiger partial charge on any atom is 0.138 e. The van der Waals surface area contributed by atoms with Crippen molar-refractivity contribution in [2.24, 2.45) is 0 Å². The van der Waals surface area contributed by atoms with Gasteiger partial charge < -0.3 is 11.1 Å². The molecule has 2 rings (SSSR count). The molecule has 0 aliphatic heterocycles. The predicted octanol–water partition coefficient (Wildman–Crippen LogP) is 3.28. The summed E-state index contributed by atoms with van der Waals surface area (Å²) in [6.45, 7) is 7.98. The van der Waals surface area contributed by atoms with Gasteiger partial charge in [-0.1, -0.05) is 32.9 Å². The molecule has 3 N–H and O–H groups in total. The predicted molar refractivity (Wildman–Crippen MR) is 84.3 cm³/mol. The van der Waals surface area contributed by atoms with Crippen molar-refractivity contribution in [2.75, 3.05) is 11.1 Å². The maximum absolute atomic E-state index is 9.27. The van der Waals surface area contributed by atoms with Gasteiger partial charge in [-0.05, 0) is 18.6 Å². The third kappa shape index (κ3) is 3.29. The summed E-state index contributed by atoms with van der Waals surface area (Å²) in [5.74, 6) is 1.66. The Bertz CT molecular complexity index is 708. The zero-order valence-electron chi connectivity index (χ0n) is 12.7. The molecular weight excluding hydrogens is 262 g/mol. The van der Waals surface area contributed by atoms with Crippen LogP contribution in [0.5, 0.6) is 0 Å². The number of nitriles is 1. The monoisotopic (exact) mass is 281 g/mol. The lowest BCUT2D eigenvalue weighted by atomic mass is 9.96. The van der Waals surface area contributed by atoms with Gasteiger partial charge in [-0.25, -0.2) is 9.97 Å². The number of nitrogen functional groups attached to an aromatic ring is 1. The number of hydrogen-bond acceptors (Lipinski definition) is 5. The summed E-state index contributed by atoms with van der Waals surface area (Å²) in [5.41, 5.74) is 7.90. The second-order valence-electron chi connectivity index (χ2n) is 5.99. The normalized spacial score (nSPS) is 11.0. The molecule has 0 spiro atoms. The minimum Gasteiger partial charge on any atom is -0.384 e. The summed E-state index contributed by atoms with van der Waals surface area (Å²) >= 11 is 0. The number of aryl methyl sites for hydroxylation is 1. The van der Waals surface area contributed by atoms with Gasteiger partial charge in [0.15, 0.2) is 0 Å². The second-order valence-corrected chi connectivity index (χ2v) is 5.99. The molecule has 0 bridgehead atoms. The Balaban J connectivity index is 2.44. The molecule has 5 nitrogen and oxygen atoms in total. The molecule has 0 saturated heterocycles. The van der Waals surface area contributed by atoms with Crippen molar-refractivity contribution in [3.8, 4) is 6.07 Å². The SMILES string of the molecule is Cc1cccc(Nc2cc(N)nc(C(C)(C)C)n2)c1C#N. The first-order valence-electron chi connectivity index (χ1n) is 6.73. The summed E-state index contributed by atoms with van der Waals surface area (Å²) < 4.78 is 0. The van der Waals surface area contributed by atoms with Crippen molar-refractivity contribution >= 4 is 17.3 Å². The van der Waals surface area contributed by atoms with Crippen LogP contribution < -0.4 is 11.1 Å². The molecule has 1 aromatic heterocycles. The Morgan fingerprint density at radius 3 is 2.57 bits per heavy atom. The van der Waals surface area contributed by atoms with E-state index in [0.717, 1.165) is 11.3 Å². The zero-order chi connectivity index (χ0) is 15.6. The number of nitrogens with zero attached hydrogens (tertiary/aromatic N) is 3. The summed E-state index contributed by atoms with van der Waals surface area (Å²) in [4.78, 5) is 8.76. The fourth-order valence-electron chi connectivity index (χ4n) is 1.92. The minimum atomic E-state index is -0.198. The van der Waals surface area contributed by atoms with Crippen molar-refractivity contribution in [2.45, 2.75) is 33.1 Å². The molecule has 2 aromatic rings. The van der Waals surface area contributed by atoms with E-state index in [4.69, 9.17) is 5.73 Å². The molecule has 0 unspecified atom stereocenters. The molecule has 108 valence electrons. The van der Waals surface area contributed by atoms with E-state index >= 15 is 0 Å². The quantitative estimate of drug-likeness (QED) is 0.882. The van der Waals surface area contributed by atoms with Gasteiger partial charge in [0.2, 0.25) is 0 Å². The number of hydrogen-bond donors (Lipinski definition) is 2. The third-order valence-electron chi connectivity index (χ3n) is 3.06. The highest BCUT2D eigenvalue weighted by Crippen LogP contribution is 2.25. The van der Waals surface area contributed by atoms with E-state index in [2.05, 4.69) is 21.4 Å². The van der Waals surface area contributed by atoms with Crippen LogP contribution in [0.1, 0.15) is 37.7 Å². The van der Waals surface area contributed by atoms with Crippen LogP contribution in [0.15, 0.2) is 24.3 Å². The molecule has 0 fully saturated rings. The van der Waals surface area contributed by atoms with Crippen LogP contribution >= 0.6 is 0 Å². The molecule has 1 heterocycles. The molecule has 0 radical (unpaired) electrons. The van der Waals surface area contributed by atoms with Gasteiger partial charge in [0.25, 0.3) is 0 Å². The molecule has 0 aliphatic rings. The van der Waals surface area contributed by atoms with Gasteiger partial charge in [-0.2, -0.15) is 5.26 Å². The molecule has 0 saturated carbocycles. The average molecular weight is 281 g/mol. The van der Waals surface area contributed by atoms with Crippen LogP contribution in [0.25, 0.3) is 0 Å². The fraction of sp³-hybridized carbons (Fsp3) is 0.312. The molecule has 5 heteroatoms. The lowest BCUT2D eigenvalue weighted by molar-refractivity contribution is 0.547. The molecule has 0 amide bonds. The Morgan fingerprint density at radius 1 is 1.24 bits per heavy atom. The van der Waals surface area contributed by atoms with Crippen molar-refractivity contribution in [1.82, 2.24) is 9.97 Å². The first-order chi connectivity index (χ1) is 9.81. The topological polar surface area (TPSA) is 87.6 Å². The van der Waals surface area contributed by atoms with E-state index in [1.54, 1.807) is 6.07 Å². The smallest absolute Gasteiger partial charge is 0.138 e. The minimum absolute atomic E-state index is 0.198. The lowest BCUT2D eigenvalue weighted by Gasteiger charge is -2.18. The van der Waals surface area contributed by atoms with Crippen LogP contribution in [0, 0.1) is 18.3 Å². The summed E-state index contributed by atoms with van der Waals surface area (Å²) in [6.07, 6.45) is 0. The maximum atomic E-state index is 9.27. The standard InChI is InChI=1S/C16H19N5/c1-10-6-5-7-12(11(10)9-17)19-14-8-13(18)20-15(21-14)16(2,3)4/h5-8H,1-4H3,(H3,18,19,20,21). The summed E-state index contributed by atoms with van der Waals surface area (Å²) in [5, 5.41) is 12.4. The number of nitrogens with one attached hydrogen (secondary N) is 1. The number of aromatic nitrogens is 2. The van der Waals surface area contributed by atoms with Crippen molar-refractivity contribution < 1.29 is 0 Å². The van der Waals surface area contributed by atoms with Crippen LogP contribution in [-0.4, -0.2) is 9.97 Å². The number of nitrogens with two attached hydrogens (primary N) is 1. The highest BCUT2D eigenvalue weighted by atomic mass is 15.1. The number of anilines is 3. The molecule has 1 aromatic carbocycles. The van der Waals surface area contributed by atoms with Gasteiger partial charge in [-0.3, -0.25) is 0 Å². The van der Waals surface area contributed by atoms with E-state index in [0.29, 0.717) is 23.0 Å². The third-order valence-corrected chi connectivity index (χ3v) is 3.06. The van der Waals surface area contributed by atoms with Gasteiger partial charge in [-0.15, -0.1) is 0 Å². The van der Waals surface area contributed by atoms with E-state index in [9.17, 15) is 5.26 Å². The largest absolute Gasteiger partial charge is 0.384 e. The van der Waals surface area contributed by atoms with Crippen LogP contribution in [0.3, 0.4) is 0 Å². The number of benzene rings is 1. The molecule has 0 aliphatic carbocycles. The fourth-order valence-corrected chi connectivity index (χ4v) is 1.92. The van der Waals surface area contributed by atoms with Gasteiger partial charge in [0.05, 0.1) is 11.3 Å². The number of rotatable bonds is 2. The van der Waals surface area contributed by atoms with E-state index < -0.39 is 0 Å². The van der Waals surface area contributed by atoms with Crippen molar-refractivity contribution in [3.63, 3.8) is 0 Å². The van der Waals surface area contributed by atoms with E-state index in [1.807, 2.05) is 45.9 Å². The van der Waals surface area contributed by atoms with Crippen LogP contribution in [-0.2, 0) is 5.41 Å². The molecule has 0 atom stereocenters. The van der Waals surface area contributed by atoms with Crippen LogP contribution in [0.2, 0.25) is 0 Å². The Morgan fingerprint density at radius 2 is 1.95 bits per heavy atom. The summed E-state index contributed by atoms with van der Waals surface area (Å²) in [7, 11) is 0. The lowest BCUT2D eigenvalue weighted by Crippen LogP contribution is -2.17. The molecular formula is C16H19N5. The van der Waals surface area contributed by atoms with Crippen molar-refractivity contribution in [1.29, 1.82) is 5.26 Å². The van der Waals surface area contributed by atoms with Gasteiger partial charge in [0.1, 0.15) is 23.5 Å². The molecule has 21 heavy (non-hydrogen) atoms. The van der Waals surface area contributed by atoms with Crippen LogP contribution in [0.4, 0.5) is 17.3 Å².